The average Bonchev–Trinajstić information content (AvgIpc) is 2.78. The van der Waals surface area contributed by atoms with Gasteiger partial charge in [0.1, 0.15) is 11.6 Å². The first-order chi connectivity index (χ1) is 14.5. The molecule has 164 valence electrons. The van der Waals surface area contributed by atoms with Crippen LogP contribution in [0.2, 0.25) is 0 Å². The molecule has 2 bridgehead atoms. The van der Waals surface area contributed by atoms with E-state index in [1.54, 1.807) is 30.3 Å². The van der Waals surface area contributed by atoms with Crippen LogP contribution >= 0.6 is 12.4 Å². The van der Waals surface area contributed by atoms with Gasteiger partial charge in [0.2, 0.25) is 0 Å². The first-order valence-corrected chi connectivity index (χ1v) is 10.8. The van der Waals surface area contributed by atoms with Crippen molar-refractivity contribution in [1.82, 2.24) is 9.88 Å². The number of hydrogen-bond acceptors (Lipinski definition) is 4. The molecule has 3 saturated heterocycles. The number of aromatic hydroxyl groups is 1. The van der Waals surface area contributed by atoms with Crippen molar-refractivity contribution in [1.29, 1.82) is 0 Å². The van der Waals surface area contributed by atoms with Gasteiger partial charge < -0.3 is 10.2 Å². The third-order valence-corrected chi connectivity index (χ3v) is 7.11. The molecule has 0 radical (unpaired) electrons. The van der Waals surface area contributed by atoms with E-state index in [2.05, 4.69) is 11.8 Å². The Kier molecular flexibility index (Phi) is 6.20. The molecule has 3 aromatic rings. The lowest BCUT2D eigenvalue weighted by Gasteiger charge is -2.51. The number of aliphatic hydroxyl groups excluding tert-OH is 1. The quantitative estimate of drug-likeness (QED) is 0.574. The van der Waals surface area contributed by atoms with Crippen LogP contribution in [0.15, 0.2) is 48.5 Å². The summed E-state index contributed by atoms with van der Waals surface area (Å²) < 4.78 is 13.4. The molecule has 0 saturated carbocycles. The summed E-state index contributed by atoms with van der Waals surface area (Å²) in [5.74, 6) is 1.25. The maximum Gasteiger partial charge on any atom is 0.123 e. The lowest BCUT2D eigenvalue weighted by molar-refractivity contribution is -0.0562. The molecule has 5 atom stereocenters. The van der Waals surface area contributed by atoms with E-state index in [9.17, 15) is 14.6 Å². The predicted octanol–water partition coefficient (Wildman–Crippen LogP) is 5.32. The van der Waals surface area contributed by atoms with Crippen molar-refractivity contribution in [3.8, 4) is 17.0 Å². The van der Waals surface area contributed by atoms with Crippen LogP contribution in [0.1, 0.15) is 37.9 Å². The van der Waals surface area contributed by atoms with Gasteiger partial charge in [0, 0.05) is 23.5 Å². The summed E-state index contributed by atoms with van der Waals surface area (Å²) in [7, 11) is 0. The third-order valence-electron chi connectivity index (χ3n) is 7.11. The smallest absolute Gasteiger partial charge is 0.123 e. The fraction of sp³-hybridized carbons (Fsp3) is 0.400. The number of halogens is 2. The highest BCUT2D eigenvalue weighted by molar-refractivity contribution is 5.87. The van der Waals surface area contributed by atoms with Crippen molar-refractivity contribution >= 4 is 23.3 Å². The summed E-state index contributed by atoms with van der Waals surface area (Å²) in [4.78, 5) is 7.16. The Bertz CT molecular complexity index is 1080. The van der Waals surface area contributed by atoms with Crippen LogP contribution in [-0.4, -0.2) is 39.2 Å². The Hall–Kier alpha value is -2.21. The van der Waals surface area contributed by atoms with Gasteiger partial charge in [0.15, 0.2) is 0 Å². The van der Waals surface area contributed by atoms with E-state index < -0.39 is 6.10 Å². The number of pyridine rings is 1. The first kappa shape index (κ1) is 22.0. The van der Waals surface area contributed by atoms with E-state index in [0.717, 1.165) is 41.9 Å². The number of phenols is 1. The van der Waals surface area contributed by atoms with E-state index in [-0.39, 0.29) is 30.0 Å². The molecule has 1 unspecified atom stereocenters. The molecule has 2 aromatic carbocycles. The Morgan fingerprint density at radius 2 is 1.94 bits per heavy atom. The molecule has 2 N–H and O–H groups in total. The van der Waals surface area contributed by atoms with Gasteiger partial charge in [-0.3, -0.25) is 4.90 Å². The topological polar surface area (TPSA) is 56.6 Å². The van der Waals surface area contributed by atoms with Crippen LogP contribution in [0, 0.1) is 17.7 Å². The molecular weight excluding hydrogens is 415 g/mol. The largest absolute Gasteiger partial charge is 0.508 e. The zero-order chi connectivity index (χ0) is 20.8. The minimum atomic E-state index is -0.669. The summed E-state index contributed by atoms with van der Waals surface area (Å²) in [6.07, 6.45) is 2.72. The van der Waals surface area contributed by atoms with Crippen LogP contribution < -0.4 is 0 Å². The Balaban J connectivity index is 0.00000231. The Morgan fingerprint density at radius 1 is 1.16 bits per heavy atom. The Morgan fingerprint density at radius 3 is 2.61 bits per heavy atom. The van der Waals surface area contributed by atoms with Gasteiger partial charge in [-0.15, -0.1) is 12.4 Å². The highest BCUT2D eigenvalue weighted by Gasteiger charge is 2.42. The van der Waals surface area contributed by atoms with Crippen molar-refractivity contribution < 1.29 is 14.6 Å². The number of aromatic nitrogens is 1. The molecule has 3 aliphatic rings. The highest BCUT2D eigenvalue weighted by Crippen LogP contribution is 2.43. The average molecular weight is 443 g/mol. The zero-order valence-electron chi connectivity index (χ0n) is 17.5. The summed E-state index contributed by atoms with van der Waals surface area (Å²) in [5, 5.41) is 22.4. The molecule has 31 heavy (non-hydrogen) atoms. The summed E-state index contributed by atoms with van der Waals surface area (Å²) >= 11 is 0. The number of nitrogens with zero attached hydrogens (tertiary/aromatic N) is 2. The van der Waals surface area contributed by atoms with Crippen molar-refractivity contribution in [2.45, 2.75) is 38.3 Å². The second-order valence-electron chi connectivity index (χ2n) is 8.76. The molecule has 0 spiro atoms. The standard InChI is InChI=1S/C25H27FN2O2.ClH/c1-2-15-14-28-10-9-17(15)11-24(28)25(30)21-13-23(16-3-5-18(26)6-4-16)27-22-8-7-19(29)12-20(21)22;/h3-8,12-13,15,17,24-25,29-30H,2,9-11,14H2,1H3;1H/t15-,17-,24-,25+;/m0./s1. The normalized spacial score (nSPS) is 25.9. The maximum absolute atomic E-state index is 13.4. The molecule has 0 amide bonds. The molecule has 0 aliphatic carbocycles. The number of fused-ring (bicyclic) bond motifs is 4. The Labute approximate surface area is 188 Å². The highest BCUT2D eigenvalue weighted by atomic mass is 35.5. The molecule has 1 aromatic heterocycles. The van der Waals surface area contributed by atoms with Crippen LogP contribution in [-0.2, 0) is 0 Å². The molecule has 6 rings (SSSR count). The lowest BCUT2D eigenvalue weighted by atomic mass is 9.72. The number of hydrogen-bond donors (Lipinski definition) is 2. The third kappa shape index (κ3) is 4.02. The maximum atomic E-state index is 13.4. The van der Waals surface area contributed by atoms with Gasteiger partial charge in [-0.1, -0.05) is 13.3 Å². The van der Waals surface area contributed by atoms with Crippen LogP contribution in [0.4, 0.5) is 4.39 Å². The number of rotatable bonds is 4. The van der Waals surface area contributed by atoms with Gasteiger partial charge in [-0.05, 0) is 85.3 Å². The molecule has 4 heterocycles. The van der Waals surface area contributed by atoms with Crippen LogP contribution in [0.25, 0.3) is 22.2 Å². The van der Waals surface area contributed by atoms with Gasteiger partial charge in [-0.2, -0.15) is 0 Å². The van der Waals surface area contributed by atoms with E-state index in [0.29, 0.717) is 17.1 Å². The number of aliphatic hydroxyl groups is 1. The van der Waals surface area contributed by atoms with Crippen LogP contribution in [0.3, 0.4) is 0 Å². The zero-order valence-corrected chi connectivity index (χ0v) is 18.4. The minimum Gasteiger partial charge on any atom is -0.508 e. The van der Waals surface area contributed by atoms with Crippen molar-refractivity contribution in [3.63, 3.8) is 0 Å². The van der Waals surface area contributed by atoms with E-state index in [1.165, 1.54) is 25.0 Å². The summed E-state index contributed by atoms with van der Waals surface area (Å²) in [5.41, 5.74) is 2.99. The molecule has 4 nitrogen and oxygen atoms in total. The number of benzene rings is 2. The lowest BCUT2D eigenvalue weighted by Crippen LogP contribution is -2.55. The minimum absolute atomic E-state index is 0. The molecule has 3 aliphatic heterocycles. The van der Waals surface area contributed by atoms with Crippen LogP contribution in [0.5, 0.6) is 5.75 Å². The van der Waals surface area contributed by atoms with Gasteiger partial charge in [-0.25, -0.2) is 9.37 Å². The van der Waals surface area contributed by atoms with E-state index in [1.807, 2.05) is 6.07 Å². The van der Waals surface area contributed by atoms with E-state index in [4.69, 9.17) is 4.98 Å². The summed E-state index contributed by atoms with van der Waals surface area (Å²) in [6, 6.07) is 13.3. The summed E-state index contributed by atoms with van der Waals surface area (Å²) in [6.45, 7) is 4.33. The molecule has 3 fully saturated rings. The predicted molar refractivity (Wildman–Crippen MR) is 123 cm³/mol. The van der Waals surface area contributed by atoms with Gasteiger partial charge >= 0.3 is 0 Å². The molecular formula is C25H28ClFN2O2. The first-order valence-electron chi connectivity index (χ1n) is 10.8. The second kappa shape index (κ2) is 8.73. The van der Waals surface area contributed by atoms with Crippen molar-refractivity contribution in [2.75, 3.05) is 13.1 Å². The van der Waals surface area contributed by atoms with Crippen molar-refractivity contribution in [2.24, 2.45) is 11.8 Å². The van der Waals surface area contributed by atoms with Gasteiger partial charge in [0.05, 0.1) is 17.3 Å². The SMILES string of the molecule is CC[C@H]1CN2CC[C@H]1C[C@H]2[C@H](O)c1cc(-c2ccc(F)cc2)nc2ccc(O)cc12.Cl. The van der Waals surface area contributed by atoms with E-state index >= 15 is 0 Å². The van der Waals surface area contributed by atoms with Crippen molar-refractivity contribution in [3.05, 3.63) is 59.9 Å². The fourth-order valence-corrected chi connectivity index (χ4v) is 5.43. The fourth-order valence-electron chi connectivity index (χ4n) is 5.43. The second-order valence-corrected chi connectivity index (χ2v) is 8.76. The molecule has 6 heteroatoms. The van der Waals surface area contributed by atoms with Gasteiger partial charge in [0.25, 0.3) is 0 Å². The monoisotopic (exact) mass is 442 g/mol. The number of phenolic OH excluding ortho intramolecular Hbond substituents is 1. The number of piperidine rings is 3.